The molecule has 5 nitrogen and oxygen atoms in total. The van der Waals surface area contributed by atoms with Crippen molar-refractivity contribution >= 4 is 47.1 Å². The fourth-order valence-electron chi connectivity index (χ4n) is 3.88. The van der Waals surface area contributed by atoms with Crippen LogP contribution in [0.1, 0.15) is 23.6 Å². The van der Waals surface area contributed by atoms with Crippen molar-refractivity contribution in [3.8, 4) is 0 Å². The first-order valence-electron chi connectivity index (χ1n) is 10.8. The lowest BCUT2D eigenvalue weighted by molar-refractivity contribution is 0.123. The molecule has 1 aromatic heterocycles. The molecule has 0 saturated heterocycles. The summed E-state index contributed by atoms with van der Waals surface area (Å²) in [5.74, 6) is 0.186. The van der Waals surface area contributed by atoms with E-state index in [0.717, 1.165) is 20.9 Å². The van der Waals surface area contributed by atoms with Gasteiger partial charge in [0.25, 0.3) is 14.4 Å². The van der Waals surface area contributed by atoms with Crippen LogP contribution in [-0.2, 0) is 24.0 Å². The number of hydrogen-bond acceptors (Lipinski definition) is 3. The Morgan fingerprint density at radius 2 is 1.65 bits per heavy atom. The van der Waals surface area contributed by atoms with Gasteiger partial charge in [0, 0.05) is 22.8 Å². The van der Waals surface area contributed by atoms with Gasteiger partial charge in [-0.25, -0.2) is 18.0 Å². The first kappa shape index (κ1) is 23.8. The molecular formula is C25H23BF2N4OS. The van der Waals surface area contributed by atoms with E-state index < -0.39 is 24.0 Å². The third-order valence-electron chi connectivity index (χ3n) is 5.44. The summed E-state index contributed by atoms with van der Waals surface area (Å²) >= 11 is 0. The Bertz CT molecular complexity index is 1300. The molecular weight excluding hydrogens is 453 g/mol. The van der Waals surface area contributed by atoms with Crippen LogP contribution < -0.4 is 4.22 Å². The standard InChI is InChI=1S/C25H23BF2N4OS/c1-3-17-14-15-20(24-22(17)25(32(26)34(2)33)30-31(24)16-21(27)28)29-23(18-10-6-4-7-11-18)19-12-8-5-9-13-19/h4-15,21H,3,16H2,1-2H3. The summed E-state index contributed by atoms with van der Waals surface area (Å²) in [6, 6.07) is 23.0. The van der Waals surface area contributed by atoms with Crippen LogP contribution in [0.3, 0.4) is 0 Å². The highest BCUT2D eigenvalue weighted by atomic mass is 32.2. The minimum Gasteiger partial charge on any atom is -0.333 e. The zero-order valence-corrected chi connectivity index (χ0v) is 19.7. The predicted octanol–water partition coefficient (Wildman–Crippen LogP) is 5.22. The molecule has 0 N–H and O–H groups in total. The Hall–Kier alpha value is -3.33. The van der Waals surface area contributed by atoms with Crippen LogP contribution >= 0.6 is 0 Å². The first-order valence-corrected chi connectivity index (χ1v) is 12.3. The molecule has 1 atom stereocenters. The first-order chi connectivity index (χ1) is 16.4. The lowest BCUT2D eigenvalue weighted by Gasteiger charge is -2.14. The van der Waals surface area contributed by atoms with Crippen LogP contribution in [0, 0.1) is 0 Å². The third-order valence-corrected chi connectivity index (χ3v) is 6.17. The molecule has 0 spiro atoms. The van der Waals surface area contributed by atoms with E-state index in [-0.39, 0.29) is 5.82 Å². The number of benzene rings is 3. The number of nitrogens with zero attached hydrogens (tertiary/aromatic N) is 4. The van der Waals surface area contributed by atoms with Gasteiger partial charge < -0.3 is 4.22 Å². The number of rotatable bonds is 8. The maximum Gasteiger partial charge on any atom is 0.257 e. The summed E-state index contributed by atoms with van der Waals surface area (Å²) in [6.07, 6.45) is -0.615. The van der Waals surface area contributed by atoms with E-state index in [9.17, 15) is 13.0 Å². The van der Waals surface area contributed by atoms with Gasteiger partial charge in [-0.3, -0.25) is 4.68 Å². The van der Waals surface area contributed by atoms with Gasteiger partial charge in [-0.05, 0) is 18.1 Å². The molecule has 34 heavy (non-hydrogen) atoms. The van der Waals surface area contributed by atoms with Crippen molar-refractivity contribution in [3.05, 3.63) is 89.5 Å². The summed E-state index contributed by atoms with van der Waals surface area (Å²) in [7, 11) is 4.45. The van der Waals surface area contributed by atoms with Crippen LogP contribution in [0.25, 0.3) is 10.9 Å². The van der Waals surface area contributed by atoms with Gasteiger partial charge >= 0.3 is 0 Å². The van der Waals surface area contributed by atoms with E-state index in [4.69, 9.17) is 13.0 Å². The SMILES string of the molecule is [B]N(c1nn(CC(F)F)c2c(N=C(c3ccccc3)c3ccccc3)ccc(CC)c12)S(C)=O. The number of aromatic nitrogens is 2. The van der Waals surface area contributed by atoms with Crippen molar-refractivity contribution in [3.63, 3.8) is 0 Å². The molecule has 172 valence electrons. The second-order valence-electron chi connectivity index (χ2n) is 7.66. The smallest absolute Gasteiger partial charge is 0.257 e. The van der Waals surface area contributed by atoms with E-state index in [1.54, 1.807) is 0 Å². The molecule has 0 aliphatic rings. The van der Waals surface area contributed by atoms with E-state index in [1.807, 2.05) is 79.7 Å². The highest BCUT2D eigenvalue weighted by Crippen LogP contribution is 2.37. The van der Waals surface area contributed by atoms with Crippen molar-refractivity contribution < 1.29 is 13.0 Å². The van der Waals surface area contributed by atoms with Crippen LogP contribution in [0.5, 0.6) is 0 Å². The second-order valence-corrected chi connectivity index (χ2v) is 8.90. The molecule has 9 heteroatoms. The molecule has 0 aliphatic heterocycles. The zero-order valence-electron chi connectivity index (χ0n) is 18.9. The van der Waals surface area contributed by atoms with Crippen LogP contribution in [0.4, 0.5) is 20.3 Å². The highest BCUT2D eigenvalue weighted by Gasteiger charge is 2.23. The van der Waals surface area contributed by atoms with Crippen molar-refractivity contribution in [1.29, 1.82) is 0 Å². The number of halogens is 2. The van der Waals surface area contributed by atoms with Gasteiger partial charge in [-0.15, -0.1) is 0 Å². The van der Waals surface area contributed by atoms with Gasteiger partial charge in [0.2, 0.25) is 0 Å². The Morgan fingerprint density at radius 1 is 1.06 bits per heavy atom. The van der Waals surface area contributed by atoms with Crippen molar-refractivity contribution in [1.82, 2.24) is 9.78 Å². The van der Waals surface area contributed by atoms with Crippen molar-refractivity contribution in [2.75, 3.05) is 10.5 Å². The second kappa shape index (κ2) is 10.3. The van der Waals surface area contributed by atoms with E-state index in [1.165, 1.54) is 10.9 Å². The molecule has 1 heterocycles. The summed E-state index contributed by atoms with van der Waals surface area (Å²) in [5.41, 5.74) is 4.23. The fourth-order valence-corrected chi connectivity index (χ4v) is 4.25. The van der Waals surface area contributed by atoms with Crippen LogP contribution in [0.2, 0.25) is 0 Å². The molecule has 0 aliphatic carbocycles. The van der Waals surface area contributed by atoms with Gasteiger partial charge in [0.05, 0.1) is 16.9 Å². The van der Waals surface area contributed by atoms with E-state index >= 15 is 0 Å². The Balaban J connectivity index is 2.05. The molecule has 0 amide bonds. The summed E-state index contributed by atoms with van der Waals surface area (Å²) < 4.78 is 41.4. The monoisotopic (exact) mass is 476 g/mol. The summed E-state index contributed by atoms with van der Waals surface area (Å²) in [6.45, 7) is 1.32. The molecule has 0 bridgehead atoms. The lowest BCUT2D eigenvalue weighted by atomic mass is 10.0. The fraction of sp³-hybridized carbons (Fsp3) is 0.200. The van der Waals surface area contributed by atoms with E-state index in [0.29, 0.717) is 28.7 Å². The topological polar surface area (TPSA) is 50.5 Å². The average molecular weight is 476 g/mol. The molecule has 1 unspecified atom stereocenters. The maximum absolute atomic E-state index is 13.5. The number of aliphatic imine (C=N–C) groups is 1. The zero-order chi connectivity index (χ0) is 24.2. The van der Waals surface area contributed by atoms with Crippen LogP contribution in [0.15, 0.2) is 77.8 Å². The maximum atomic E-state index is 13.5. The van der Waals surface area contributed by atoms with Crippen molar-refractivity contribution in [2.45, 2.75) is 26.3 Å². The van der Waals surface area contributed by atoms with Crippen LogP contribution in [-0.4, -0.2) is 40.4 Å². The Labute approximate surface area is 201 Å². The molecule has 0 fully saturated rings. The average Bonchev–Trinajstić information content (AvgIpc) is 3.22. The molecule has 4 rings (SSSR count). The molecule has 2 radical (unpaired) electrons. The quantitative estimate of drug-likeness (QED) is 0.259. The molecule has 3 aromatic carbocycles. The normalized spacial score (nSPS) is 12.1. The lowest BCUT2D eigenvalue weighted by Crippen LogP contribution is -2.22. The van der Waals surface area contributed by atoms with Gasteiger partial charge in [-0.1, -0.05) is 73.7 Å². The summed E-state index contributed by atoms with van der Waals surface area (Å²) in [4.78, 5) is 4.96. The van der Waals surface area contributed by atoms with Gasteiger partial charge in [-0.2, -0.15) is 5.10 Å². The number of aryl methyl sites for hydroxylation is 1. The molecule has 4 aromatic rings. The largest absolute Gasteiger partial charge is 0.333 e. The number of hydrogen-bond donors (Lipinski definition) is 0. The third kappa shape index (κ3) is 4.80. The number of alkyl halides is 2. The minimum atomic E-state index is -2.64. The number of anilines is 1. The number of fused-ring (bicyclic) bond motifs is 1. The molecule has 0 saturated carbocycles. The van der Waals surface area contributed by atoms with E-state index in [2.05, 4.69) is 5.10 Å². The Kier molecular flexibility index (Phi) is 7.22. The highest BCUT2D eigenvalue weighted by molar-refractivity contribution is 7.87. The summed E-state index contributed by atoms with van der Waals surface area (Å²) in [5, 5.41) is 4.92. The Morgan fingerprint density at radius 3 is 2.15 bits per heavy atom. The predicted molar refractivity (Wildman–Crippen MR) is 136 cm³/mol. The van der Waals surface area contributed by atoms with Gasteiger partial charge in [0.1, 0.15) is 17.5 Å². The van der Waals surface area contributed by atoms with Gasteiger partial charge in [0.15, 0.2) is 5.82 Å². The van der Waals surface area contributed by atoms with Crippen molar-refractivity contribution in [2.24, 2.45) is 4.99 Å². The minimum absolute atomic E-state index is 0.186.